The number of hydrogen-bond acceptors (Lipinski definition) is 8. The molecule has 0 bridgehead atoms. The maximum atomic E-state index is 12.5. The van der Waals surface area contributed by atoms with E-state index in [-0.39, 0.29) is 10.4 Å². The van der Waals surface area contributed by atoms with Crippen molar-refractivity contribution in [2.24, 2.45) is 5.92 Å². The number of aryl methyl sites for hydroxylation is 2. The van der Waals surface area contributed by atoms with Crippen LogP contribution in [0.15, 0.2) is 16.1 Å². The topological polar surface area (TPSA) is 109 Å². The predicted molar refractivity (Wildman–Crippen MR) is 120 cm³/mol. The average molecular weight is 459 g/mol. The number of carboxylic acids is 1. The van der Waals surface area contributed by atoms with Crippen LogP contribution in [0.3, 0.4) is 0 Å². The molecule has 10 heteroatoms. The van der Waals surface area contributed by atoms with Gasteiger partial charge in [-0.15, -0.1) is 22.7 Å². The Balaban J connectivity index is 1.49. The molecule has 0 saturated carbocycles. The van der Waals surface area contributed by atoms with E-state index in [0.29, 0.717) is 33.3 Å². The monoisotopic (exact) mass is 458 g/mol. The molecule has 7 nitrogen and oxygen atoms in total. The summed E-state index contributed by atoms with van der Waals surface area (Å²) in [5.74, 6) is 0.615. The van der Waals surface area contributed by atoms with E-state index in [1.54, 1.807) is 24.6 Å². The summed E-state index contributed by atoms with van der Waals surface area (Å²) in [6, 6.07) is 0. The van der Waals surface area contributed by atoms with E-state index >= 15 is 0 Å². The molecule has 4 aromatic heterocycles. The van der Waals surface area contributed by atoms with Gasteiger partial charge in [-0.3, -0.25) is 4.79 Å². The van der Waals surface area contributed by atoms with Gasteiger partial charge in [0, 0.05) is 10.3 Å². The summed E-state index contributed by atoms with van der Waals surface area (Å²) >= 11 is 4.33. The van der Waals surface area contributed by atoms with Crippen LogP contribution in [0.5, 0.6) is 0 Å². The smallest absolute Gasteiger partial charge is 0.346 e. The Morgan fingerprint density at radius 2 is 2.13 bits per heavy atom. The molecule has 5 rings (SSSR count). The Morgan fingerprint density at radius 1 is 1.30 bits per heavy atom. The predicted octanol–water partition coefficient (Wildman–Crippen LogP) is 4.41. The number of aromatic carboxylic acids is 1. The zero-order chi connectivity index (χ0) is 21.0. The van der Waals surface area contributed by atoms with Crippen LogP contribution in [0.4, 0.5) is 0 Å². The average Bonchev–Trinajstić information content (AvgIpc) is 3.24. The zero-order valence-electron chi connectivity index (χ0n) is 16.3. The van der Waals surface area contributed by atoms with Crippen molar-refractivity contribution in [2.45, 2.75) is 43.9 Å². The second kappa shape index (κ2) is 7.44. The van der Waals surface area contributed by atoms with E-state index in [1.165, 1.54) is 28.6 Å². The SMILES string of the molecule is Cc1c(C(=O)O)sc2nc(CSc3ncnc4sc5c(c34)CCC(C)C5)[nH]c(=O)c12. The molecule has 0 radical (unpaired) electrons. The molecule has 1 atom stereocenters. The second-order valence-electron chi connectivity index (χ2n) is 7.55. The standard InChI is InChI=1S/C20H18N4O3S3/c1-8-3-4-10-11(5-8)29-18-14(10)17(21-7-22-18)28-6-12-23-16(25)13-9(2)15(20(26)27)30-19(13)24-12/h7-8H,3-6H2,1-2H3,(H,26,27)(H,23,24,25). The van der Waals surface area contributed by atoms with Crippen molar-refractivity contribution in [1.29, 1.82) is 0 Å². The van der Waals surface area contributed by atoms with E-state index in [0.717, 1.165) is 39.4 Å². The van der Waals surface area contributed by atoms with Gasteiger partial charge in [0.2, 0.25) is 0 Å². The number of fused-ring (bicyclic) bond motifs is 4. The van der Waals surface area contributed by atoms with Crippen LogP contribution in [-0.2, 0) is 18.6 Å². The lowest BCUT2D eigenvalue weighted by molar-refractivity contribution is 0.0701. The van der Waals surface area contributed by atoms with Gasteiger partial charge < -0.3 is 10.1 Å². The fourth-order valence-electron chi connectivity index (χ4n) is 3.95. The number of nitrogens with one attached hydrogen (secondary N) is 1. The molecular weight excluding hydrogens is 440 g/mol. The van der Waals surface area contributed by atoms with Crippen molar-refractivity contribution in [3.63, 3.8) is 0 Å². The minimum absolute atomic E-state index is 0.157. The molecule has 0 aliphatic heterocycles. The number of carboxylic acid groups (broad SMARTS) is 1. The number of thioether (sulfide) groups is 1. The lowest BCUT2D eigenvalue weighted by atomic mass is 9.89. The van der Waals surface area contributed by atoms with Crippen LogP contribution < -0.4 is 5.56 Å². The Kier molecular flexibility index (Phi) is 4.87. The van der Waals surface area contributed by atoms with Gasteiger partial charge in [0.25, 0.3) is 5.56 Å². The number of carbonyl (C=O) groups is 1. The number of aromatic amines is 1. The molecule has 4 heterocycles. The molecular formula is C20H18N4O3S3. The molecule has 1 unspecified atom stereocenters. The third kappa shape index (κ3) is 3.23. The van der Waals surface area contributed by atoms with Crippen molar-refractivity contribution < 1.29 is 9.90 Å². The highest BCUT2D eigenvalue weighted by Gasteiger charge is 2.23. The molecule has 1 aliphatic carbocycles. The Hall–Kier alpha value is -2.30. The summed E-state index contributed by atoms with van der Waals surface area (Å²) in [6.45, 7) is 3.93. The Morgan fingerprint density at radius 3 is 2.93 bits per heavy atom. The highest BCUT2D eigenvalue weighted by atomic mass is 32.2. The first-order chi connectivity index (χ1) is 14.4. The summed E-state index contributed by atoms with van der Waals surface area (Å²) in [5, 5.41) is 11.7. The molecule has 2 N–H and O–H groups in total. The zero-order valence-corrected chi connectivity index (χ0v) is 18.8. The first-order valence-electron chi connectivity index (χ1n) is 9.56. The maximum Gasteiger partial charge on any atom is 0.346 e. The van der Waals surface area contributed by atoms with Crippen molar-refractivity contribution in [3.05, 3.63) is 43.4 Å². The molecule has 0 fully saturated rings. The van der Waals surface area contributed by atoms with Gasteiger partial charge >= 0.3 is 5.97 Å². The van der Waals surface area contributed by atoms with Gasteiger partial charge in [-0.05, 0) is 43.2 Å². The van der Waals surface area contributed by atoms with Crippen LogP contribution in [0, 0.1) is 12.8 Å². The molecule has 4 aromatic rings. The van der Waals surface area contributed by atoms with Crippen LogP contribution in [0.1, 0.15) is 44.8 Å². The quantitative estimate of drug-likeness (QED) is 0.344. The lowest BCUT2D eigenvalue weighted by Crippen LogP contribution is -2.11. The fraction of sp³-hybridized carbons (Fsp3) is 0.350. The number of aromatic nitrogens is 4. The van der Waals surface area contributed by atoms with E-state index in [2.05, 4.69) is 26.9 Å². The minimum atomic E-state index is -1.04. The van der Waals surface area contributed by atoms with Crippen LogP contribution in [-0.4, -0.2) is 31.0 Å². The van der Waals surface area contributed by atoms with Crippen LogP contribution in [0.2, 0.25) is 0 Å². The highest BCUT2D eigenvalue weighted by Crippen LogP contribution is 2.41. The van der Waals surface area contributed by atoms with Gasteiger partial charge in [0.1, 0.15) is 31.7 Å². The Labute approximate surface area is 183 Å². The largest absolute Gasteiger partial charge is 0.477 e. The van der Waals surface area contributed by atoms with Crippen LogP contribution in [0.25, 0.3) is 20.4 Å². The molecule has 154 valence electrons. The van der Waals surface area contributed by atoms with E-state index < -0.39 is 5.97 Å². The van der Waals surface area contributed by atoms with E-state index in [4.69, 9.17) is 0 Å². The molecule has 30 heavy (non-hydrogen) atoms. The fourth-order valence-corrected chi connectivity index (χ4v) is 7.30. The van der Waals surface area contributed by atoms with Gasteiger partial charge in [0.05, 0.1) is 11.1 Å². The maximum absolute atomic E-state index is 12.5. The molecule has 1 aliphatic rings. The Bertz CT molecular complexity index is 1370. The number of nitrogens with zero attached hydrogens (tertiary/aromatic N) is 3. The van der Waals surface area contributed by atoms with Crippen LogP contribution >= 0.6 is 34.4 Å². The first kappa shape index (κ1) is 19.7. The van der Waals surface area contributed by atoms with Gasteiger partial charge in [-0.2, -0.15) is 0 Å². The first-order valence-corrected chi connectivity index (χ1v) is 12.2. The summed E-state index contributed by atoms with van der Waals surface area (Å²) in [6.07, 6.45) is 4.91. The summed E-state index contributed by atoms with van der Waals surface area (Å²) < 4.78 is 0. The van der Waals surface area contributed by atoms with Crippen molar-refractivity contribution >= 4 is 60.8 Å². The number of hydrogen-bond donors (Lipinski definition) is 2. The molecule has 0 spiro atoms. The number of thiophene rings is 2. The third-order valence-corrected chi connectivity index (χ3v) is 8.78. The van der Waals surface area contributed by atoms with Crippen molar-refractivity contribution in [1.82, 2.24) is 19.9 Å². The second-order valence-corrected chi connectivity index (χ2v) is 10.6. The minimum Gasteiger partial charge on any atom is -0.477 e. The molecule has 0 aromatic carbocycles. The van der Waals surface area contributed by atoms with Gasteiger partial charge in [-0.25, -0.2) is 19.7 Å². The van der Waals surface area contributed by atoms with Gasteiger partial charge in [-0.1, -0.05) is 18.7 Å². The summed E-state index contributed by atoms with van der Waals surface area (Å²) in [7, 11) is 0. The van der Waals surface area contributed by atoms with Gasteiger partial charge in [0.15, 0.2) is 0 Å². The van der Waals surface area contributed by atoms with Crippen molar-refractivity contribution in [3.8, 4) is 0 Å². The summed E-state index contributed by atoms with van der Waals surface area (Å²) in [5.41, 5.74) is 1.53. The van der Waals surface area contributed by atoms with E-state index in [1.807, 2.05) is 0 Å². The van der Waals surface area contributed by atoms with E-state index in [9.17, 15) is 14.7 Å². The molecule has 0 amide bonds. The highest BCUT2D eigenvalue weighted by molar-refractivity contribution is 7.98. The summed E-state index contributed by atoms with van der Waals surface area (Å²) in [4.78, 5) is 43.3. The lowest BCUT2D eigenvalue weighted by Gasteiger charge is -2.18. The van der Waals surface area contributed by atoms with Crippen molar-refractivity contribution in [2.75, 3.05) is 0 Å². The number of rotatable bonds is 4. The molecule has 0 saturated heterocycles. The number of H-pyrrole nitrogens is 1. The normalized spacial score (nSPS) is 16.3. The third-order valence-electron chi connectivity index (χ3n) is 5.45.